The number of rotatable bonds is 7. The molecule has 0 aliphatic rings. The van der Waals surface area contributed by atoms with Crippen molar-refractivity contribution in [3.05, 3.63) is 103 Å². The molecule has 31 heavy (non-hydrogen) atoms. The zero-order valence-electron chi connectivity index (χ0n) is 16.3. The fraction of sp³-hybridized carbons (Fsp3) is 0.0952. The van der Waals surface area contributed by atoms with Gasteiger partial charge in [0.05, 0.1) is 24.8 Å². The van der Waals surface area contributed by atoms with Gasteiger partial charge in [0, 0.05) is 22.8 Å². The van der Waals surface area contributed by atoms with Crippen molar-refractivity contribution in [2.75, 3.05) is 7.11 Å². The van der Waals surface area contributed by atoms with Gasteiger partial charge >= 0.3 is 5.69 Å². The Morgan fingerprint density at radius 2 is 2.00 bits per heavy atom. The summed E-state index contributed by atoms with van der Waals surface area (Å²) < 4.78 is 6.33. The van der Waals surface area contributed by atoms with E-state index in [1.807, 2.05) is 0 Å². The molecule has 1 heterocycles. The number of nitro groups is 1. The number of hydrogen-bond donors (Lipinski definition) is 1. The number of carbonyl (C=O) groups excluding carboxylic acids is 1. The maximum absolute atomic E-state index is 12.6. The van der Waals surface area contributed by atoms with Gasteiger partial charge in [-0.2, -0.15) is 5.10 Å². The second-order valence-corrected chi connectivity index (χ2v) is 6.81. The number of halogens is 1. The van der Waals surface area contributed by atoms with Crippen molar-refractivity contribution in [2.24, 2.45) is 5.10 Å². The van der Waals surface area contributed by atoms with Crippen LogP contribution in [0.3, 0.4) is 0 Å². The van der Waals surface area contributed by atoms with Gasteiger partial charge in [0.1, 0.15) is 5.56 Å². The van der Waals surface area contributed by atoms with E-state index >= 15 is 0 Å². The first-order valence-corrected chi connectivity index (χ1v) is 9.36. The molecule has 2 aromatic carbocycles. The number of methoxy groups -OCH3 is 1. The molecule has 0 bridgehead atoms. The molecule has 1 amide bonds. The Morgan fingerprint density at radius 3 is 2.68 bits per heavy atom. The van der Waals surface area contributed by atoms with Gasteiger partial charge in [-0.25, -0.2) is 5.43 Å². The molecule has 10 heteroatoms. The minimum Gasteiger partial charge on any atom is -0.490 e. The maximum Gasteiger partial charge on any atom is 0.311 e. The third kappa shape index (κ3) is 5.34. The second kappa shape index (κ2) is 9.68. The molecule has 158 valence electrons. The van der Waals surface area contributed by atoms with Crippen LogP contribution in [0.4, 0.5) is 5.69 Å². The molecule has 0 spiro atoms. The first-order valence-electron chi connectivity index (χ1n) is 8.99. The molecular weight excluding hydrogens is 424 g/mol. The van der Waals surface area contributed by atoms with Crippen LogP contribution in [0.5, 0.6) is 5.75 Å². The lowest BCUT2D eigenvalue weighted by Crippen LogP contribution is -2.30. The van der Waals surface area contributed by atoms with Crippen molar-refractivity contribution in [1.82, 2.24) is 9.99 Å². The SMILES string of the molecule is COc1ccc(/C=N\NC(=O)c2cccn(Cc3ccc(Cl)cc3)c2=O)cc1[N+](=O)[O-]. The number of aromatic nitrogens is 1. The van der Waals surface area contributed by atoms with Crippen LogP contribution < -0.4 is 15.7 Å². The topological polar surface area (TPSA) is 116 Å². The normalized spacial score (nSPS) is 10.8. The number of amides is 1. The Balaban J connectivity index is 1.74. The number of nitrogens with one attached hydrogen (secondary N) is 1. The van der Waals surface area contributed by atoms with Gasteiger partial charge < -0.3 is 9.30 Å². The summed E-state index contributed by atoms with van der Waals surface area (Å²) in [4.78, 5) is 35.5. The summed E-state index contributed by atoms with van der Waals surface area (Å²) in [7, 11) is 1.33. The van der Waals surface area contributed by atoms with Gasteiger partial charge in [-0.1, -0.05) is 23.7 Å². The van der Waals surface area contributed by atoms with Crippen LogP contribution in [0.1, 0.15) is 21.5 Å². The Bertz CT molecular complexity index is 1210. The summed E-state index contributed by atoms with van der Waals surface area (Å²) in [5, 5.41) is 15.5. The van der Waals surface area contributed by atoms with E-state index in [4.69, 9.17) is 16.3 Å². The number of benzene rings is 2. The number of ether oxygens (including phenoxy) is 1. The summed E-state index contributed by atoms with van der Waals surface area (Å²) >= 11 is 5.87. The monoisotopic (exact) mass is 440 g/mol. The van der Waals surface area contributed by atoms with E-state index in [0.29, 0.717) is 10.6 Å². The molecular formula is C21H17ClN4O5. The summed E-state index contributed by atoms with van der Waals surface area (Å²) in [5.74, 6) is -0.591. The smallest absolute Gasteiger partial charge is 0.311 e. The van der Waals surface area contributed by atoms with Gasteiger partial charge in [0.15, 0.2) is 5.75 Å². The molecule has 0 aliphatic carbocycles. The Morgan fingerprint density at radius 1 is 1.26 bits per heavy atom. The van der Waals surface area contributed by atoms with E-state index in [0.717, 1.165) is 5.56 Å². The average Bonchev–Trinajstić information content (AvgIpc) is 2.76. The van der Waals surface area contributed by atoms with Crippen LogP contribution in [0, 0.1) is 10.1 Å². The van der Waals surface area contributed by atoms with E-state index in [1.54, 1.807) is 42.6 Å². The minimum absolute atomic E-state index is 0.0886. The average molecular weight is 441 g/mol. The quantitative estimate of drug-likeness (QED) is 0.344. The highest BCUT2D eigenvalue weighted by atomic mass is 35.5. The first-order chi connectivity index (χ1) is 14.9. The van der Waals surface area contributed by atoms with Gasteiger partial charge in [-0.15, -0.1) is 0 Å². The van der Waals surface area contributed by atoms with E-state index in [1.165, 1.54) is 36.1 Å². The molecule has 1 aromatic heterocycles. The minimum atomic E-state index is -0.699. The van der Waals surface area contributed by atoms with Crippen molar-refractivity contribution >= 4 is 29.4 Å². The van der Waals surface area contributed by atoms with Crippen LogP contribution >= 0.6 is 11.6 Å². The van der Waals surface area contributed by atoms with Crippen molar-refractivity contribution in [3.63, 3.8) is 0 Å². The van der Waals surface area contributed by atoms with Gasteiger partial charge in [0.25, 0.3) is 11.5 Å². The molecule has 0 saturated heterocycles. The molecule has 0 aliphatic heterocycles. The lowest BCUT2D eigenvalue weighted by Gasteiger charge is -2.08. The van der Waals surface area contributed by atoms with Gasteiger partial charge in [0.2, 0.25) is 0 Å². The summed E-state index contributed by atoms with van der Waals surface area (Å²) in [6.45, 7) is 0.274. The predicted octanol–water partition coefficient (Wildman–Crippen LogP) is 3.23. The fourth-order valence-corrected chi connectivity index (χ4v) is 2.90. The number of hydrazone groups is 1. The Kier molecular flexibility index (Phi) is 6.78. The highest BCUT2D eigenvalue weighted by molar-refractivity contribution is 6.30. The highest BCUT2D eigenvalue weighted by Gasteiger charge is 2.15. The number of nitro benzene ring substituents is 1. The van der Waals surface area contributed by atoms with Crippen molar-refractivity contribution in [2.45, 2.75) is 6.54 Å². The molecule has 0 atom stereocenters. The van der Waals surface area contributed by atoms with E-state index in [2.05, 4.69) is 10.5 Å². The molecule has 1 N–H and O–H groups in total. The Labute approximate surface area is 181 Å². The number of carbonyl (C=O) groups is 1. The summed E-state index contributed by atoms with van der Waals surface area (Å²) in [5.41, 5.74) is 2.69. The maximum atomic E-state index is 12.6. The van der Waals surface area contributed by atoms with Crippen LogP contribution in [0.25, 0.3) is 0 Å². The molecule has 0 saturated carbocycles. The second-order valence-electron chi connectivity index (χ2n) is 6.37. The van der Waals surface area contributed by atoms with E-state index in [9.17, 15) is 19.7 Å². The molecule has 9 nitrogen and oxygen atoms in total. The van der Waals surface area contributed by atoms with E-state index < -0.39 is 16.4 Å². The number of nitrogens with zero attached hydrogens (tertiary/aromatic N) is 3. The first kappa shape index (κ1) is 21.7. The van der Waals surface area contributed by atoms with Crippen molar-refractivity contribution < 1.29 is 14.5 Å². The zero-order chi connectivity index (χ0) is 22.4. The predicted molar refractivity (Wildman–Crippen MR) is 116 cm³/mol. The van der Waals surface area contributed by atoms with Crippen LogP contribution in [-0.4, -0.2) is 28.7 Å². The Hall–Kier alpha value is -3.98. The fourth-order valence-electron chi connectivity index (χ4n) is 2.78. The lowest BCUT2D eigenvalue weighted by atomic mass is 10.2. The third-order valence-corrected chi connectivity index (χ3v) is 4.56. The molecule has 3 aromatic rings. The molecule has 0 radical (unpaired) electrons. The zero-order valence-corrected chi connectivity index (χ0v) is 17.1. The van der Waals surface area contributed by atoms with Crippen LogP contribution in [0.15, 0.2) is 70.7 Å². The van der Waals surface area contributed by atoms with E-state index in [-0.39, 0.29) is 23.5 Å². The van der Waals surface area contributed by atoms with Gasteiger partial charge in [-0.05, 0) is 42.0 Å². The number of pyridine rings is 1. The third-order valence-electron chi connectivity index (χ3n) is 4.31. The van der Waals surface area contributed by atoms with Crippen LogP contribution in [0.2, 0.25) is 5.02 Å². The molecule has 3 rings (SSSR count). The number of hydrogen-bond acceptors (Lipinski definition) is 6. The standard InChI is InChI=1S/C21H17ClN4O5/c1-31-19-9-6-15(11-18(19)26(29)30)12-23-24-20(27)17-3-2-10-25(21(17)28)13-14-4-7-16(22)8-5-14/h2-12H,13H2,1H3,(H,24,27)/b23-12-. The summed E-state index contributed by atoms with van der Waals surface area (Å²) in [6.07, 6.45) is 2.81. The van der Waals surface area contributed by atoms with Crippen molar-refractivity contribution in [1.29, 1.82) is 0 Å². The van der Waals surface area contributed by atoms with Crippen LogP contribution in [-0.2, 0) is 6.54 Å². The largest absolute Gasteiger partial charge is 0.490 e. The molecule has 0 fully saturated rings. The summed E-state index contributed by atoms with van der Waals surface area (Å²) in [6, 6.07) is 14.2. The van der Waals surface area contributed by atoms with Gasteiger partial charge in [-0.3, -0.25) is 19.7 Å². The molecule has 0 unspecified atom stereocenters. The van der Waals surface area contributed by atoms with Crippen molar-refractivity contribution in [3.8, 4) is 5.75 Å². The lowest BCUT2D eigenvalue weighted by molar-refractivity contribution is -0.385. The highest BCUT2D eigenvalue weighted by Crippen LogP contribution is 2.26.